The van der Waals surface area contributed by atoms with Gasteiger partial charge in [-0.3, -0.25) is 9.59 Å². The maximum Gasteiger partial charge on any atom is 0.322 e. The molecule has 1 aromatic carbocycles. The Hall–Kier alpha value is -3.49. The molecule has 3 rings (SSSR count). The Balaban J connectivity index is 1.73. The summed E-state index contributed by atoms with van der Waals surface area (Å²) < 4.78 is 9.87. The number of hydrogen-bond acceptors (Lipinski definition) is 7. The molecule has 128 valence electrons. The minimum absolute atomic E-state index is 0.0547. The number of amides is 1. The van der Waals surface area contributed by atoms with Gasteiger partial charge in [-0.25, -0.2) is 0 Å². The number of Topliss-reactive ketones (excluding diaryl/α,β-unsaturated/α-hetero) is 1. The fraction of sp³-hybridized carbons (Fsp3) is 0.188. The first-order chi connectivity index (χ1) is 12.1. The van der Waals surface area contributed by atoms with Gasteiger partial charge in [0.05, 0.1) is 26.3 Å². The van der Waals surface area contributed by atoms with Gasteiger partial charge < -0.3 is 19.8 Å². The molecule has 0 fully saturated rings. The van der Waals surface area contributed by atoms with Crippen LogP contribution in [0.4, 0.5) is 0 Å². The van der Waals surface area contributed by atoms with Gasteiger partial charge in [0.25, 0.3) is 11.7 Å². The van der Waals surface area contributed by atoms with Gasteiger partial charge in [-0.15, -0.1) is 4.98 Å². The number of aromatic amines is 1. The summed E-state index contributed by atoms with van der Waals surface area (Å²) >= 11 is 0. The molecule has 0 aliphatic heterocycles. The van der Waals surface area contributed by atoms with Gasteiger partial charge in [-0.2, -0.15) is 9.97 Å². The van der Waals surface area contributed by atoms with E-state index in [9.17, 15) is 9.59 Å². The molecule has 2 N–H and O–H groups in total. The Kier molecular flexibility index (Phi) is 4.55. The van der Waals surface area contributed by atoms with E-state index in [1.165, 1.54) is 20.4 Å². The van der Waals surface area contributed by atoms with E-state index in [4.69, 9.17) is 9.47 Å². The minimum Gasteiger partial charge on any atom is -0.467 e. The van der Waals surface area contributed by atoms with Crippen molar-refractivity contribution in [2.75, 3.05) is 14.2 Å². The number of ether oxygens (including phenoxy) is 2. The zero-order valence-corrected chi connectivity index (χ0v) is 13.6. The number of nitrogens with one attached hydrogen (secondary N) is 2. The third kappa shape index (κ3) is 3.39. The highest BCUT2D eigenvalue weighted by atomic mass is 16.5. The van der Waals surface area contributed by atoms with Gasteiger partial charge in [0.15, 0.2) is 5.82 Å². The van der Waals surface area contributed by atoms with Crippen molar-refractivity contribution in [2.24, 2.45) is 0 Å². The maximum atomic E-state index is 12.4. The van der Waals surface area contributed by atoms with Crippen molar-refractivity contribution in [3.8, 4) is 12.0 Å². The van der Waals surface area contributed by atoms with E-state index in [-0.39, 0.29) is 24.4 Å². The molecule has 0 bridgehead atoms. The molecule has 1 amide bonds. The van der Waals surface area contributed by atoms with Crippen LogP contribution < -0.4 is 14.8 Å². The molecule has 0 unspecified atom stereocenters. The number of ketones is 1. The summed E-state index contributed by atoms with van der Waals surface area (Å²) in [5, 5.41) is 3.17. The number of aromatic nitrogens is 4. The summed E-state index contributed by atoms with van der Waals surface area (Å²) in [7, 11) is 2.80. The molecule has 9 heteroatoms. The Labute approximate surface area is 142 Å². The minimum atomic E-state index is -0.761. The van der Waals surface area contributed by atoms with Gasteiger partial charge in [0, 0.05) is 17.1 Å². The molecule has 0 spiro atoms. The average molecular weight is 341 g/mol. The van der Waals surface area contributed by atoms with Gasteiger partial charge in [-0.05, 0) is 6.07 Å². The second kappa shape index (κ2) is 6.95. The molecule has 25 heavy (non-hydrogen) atoms. The molecule has 0 aliphatic carbocycles. The first-order valence-corrected chi connectivity index (χ1v) is 7.34. The molecular weight excluding hydrogens is 326 g/mol. The Morgan fingerprint density at radius 3 is 2.44 bits per heavy atom. The van der Waals surface area contributed by atoms with Crippen LogP contribution >= 0.6 is 0 Å². The lowest BCUT2D eigenvalue weighted by molar-refractivity contribution is -0.117. The van der Waals surface area contributed by atoms with Gasteiger partial charge in [0.2, 0.25) is 0 Å². The number of benzene rings is 1. The van der Waals surface area contributed by atoms with Crippen LogP contribution in [0.3, 0.4) is 0 Å². The monoisotopic (exact) mass is 341 g/mol. The first kappa shape index (κ1) is 16.4. The second-order valence-corrected chi connectivity index (χ2v) is 4.98. The fourth-order valence-corrected chi connectivity index (χ4v) is 2.26. The Morgan fingerprint density at radius 2 is 1.76 bits per heavy atom. The van der Waals surface area contributed by atoms with E-state index in [0.717, 1.165) is 5.52 Å². The van der Waals surface area contributed by atoms with E-state index >= 15 is 0 Å². The highest BCUT2D eigenvalue weighted by molar-refractivity contribution is 6.44. The number of para-hydroxylation sites is 1. The number of nitrogens with zero attached hydrogens (tertiary/aromatic N) is 3. The molecular formula is C16H15N5O4. The van der Waals surface area contributed by atoms with Crippen LogP contribution in [-0.4, -0.2) is 45.8 Å². The standard InChI is InChI=1S/C16H15N5O4/c1-24-15-19-12(20-16(21-15)25-2)8-18-14(23)13(22)10-7-17-11-6-4-3-5-9(10)11/h3-7,17H,8H2,1-2H3,(H,18,23). The SMILES string of the molecule is COc1nc(CNC(=O)C(=O)c2c[nH]c3ccccc23)nc(OC)n1. The van der Waals surface area contributed by atoms with Crippen molar-refractivity contribution in [1.82, 2.24) is 25.3 Å². The molecule has 2 aromatic heterocycles. The van der Waals surface area contributed by atoms with Gasteiger partial charge in [-0.1, -0.05) is 18.2 Å². The molecule has 0 atom stereocenters. The zero-order valence-electron chi connectivity index (χ0n) is 13.6. The lowest BCUT2D eigenvalue weighted by atomic mass is 10.1. The van der Waals surface area contributed by atoms with E-state index in [1.54, 1.807) is 12.1 Å². The van der Waals surface area contributed by atoms with Gasteiger partial charge >= 0.3 is 12.0 Å². The number of fused-ring (bicyclic) bond motifs is 1. The summed E-state index contributed by atoms with van der Waals surface area (Å²) in [6.45, 7) is -0.0673. The normalized spacial score (nSPS) is 10.5. The van der Waals surface area contributed by atoms with Crippen LogP contribution in [0, 0.1) is 0 Å². The number of carbonyl (C=O) groups is 2. The van der Waals surface area contributed by atoms with Crippen molar-refractivity contribution >= 4 is 22.6 Å². The molecule has 3 aromatic rings. The zero-order chi connectivity index (χ0) is 17.8. The predicted molar refractivity (Wildman–Crippen MR) is 87.4 cm³/mol. The van der Waals surface area contributed by atoms with Crippen LogP contribution in [0.5, 0.6) is 12.0 Å². The predicted octanol–water partition coefficient (Wildman–Crippen LogP) is 0.869. The van der Waals surface area contributed by atoms with Crippen molar-refractivity contribution < 1.29 is 19.1 Å². The molecule has 0 aliphatic rings. The number of carbonyl (C=O) groups excluding carboxylic acids is 2. The summed E-state index contributed by atoms with van der Waals surface area (Å²) in [6, 6.07) is 7.35. The first-order valence-electron chi connectivity index (χ1n) is 7.34. The van der Waals surface area contributed by atoms with E-state index < -0.39 is 11.7 Å². The summed E-state index contributed by atoms with van der Waals surface area (Å²) in [4.78, 5) is 39.3. The maximum absolute atomic E-state index is 12.4. The Morgan fingerprint density at radius 1 is 1.08 bits per heavy atom. The largest absolute Gasteiger partial charge is 0.467 e. The van der Waals surface area contributed by atoms with E-state index in [1.807, 2.05) is 12.1 Å². The lowest BCUT2D eigenvalue weighted by Crippen LogP contribution is -2.31. The van der Waals surface area contributed by atoms with Crippen molar-refractivity contribution in [3.05, 3.63) is 41.9 Å². The number of hydrogen-bond donors (Lipinski definition) is 2. The Bertz CT molecular complexity index is 915. The third-order valence-corrected chi connectivity index (χ3v) is 3.45. The summed E-state index contributed by atoms with van der Waals surface area (Å²) in [5.41, 5.74) is 1.09. The van der Waals surface area contributed by atoms with Gasteiger partial charge in [0.1, 0.15) is 0 Å². The summed E-state index contributed by atoms with van der Waals surface area (Å²) in [6.07, 6.45) is 1.52. The van der Waals surface area contributed by atoms with Crippen molar-refractivity contribution in [1.29, 1.82) is 0 Å². The van der Waals surface area contributed by atoms with E-state index in [0.29, 0.717) is 10.9 Å². The van der Waals surface area contributed by atoms with Crippen LogP contribution in [-0.2, 0) is 11.3 Å². The van der Waals surface area contributed by atoms with Crippen LogP contribution in [0.15, 0.2) is 30.5 Å². The van der Waals surface area contributed by atoms with Crippen molar-refractivity contribution in [2.45, 2.75) is 6.54 Å². The summed E-state index contributed by atoms with van der Waals surface area (Å²) in [5.74, 6) is -1.20. The highest BCUT2D eigenvalue weighted by Gasteiger charge is 2.20. The molecule has 0 saturated carbocycles. The third-order valence-electron chi connectivity index (χ3n) is 3.45. The lowest BCUT2D eigenvalue weighted by Gasteiger charge is -2.06. The quantitative estimate of drug-likeness (QED) is 0.504. The van der Waals surface area contributed by atoms with Crippen molar-refractivity contribution in [3.63, 3.8) is 0 Å². The molecule has 0 saturated heterocycles. The number of H-pyrrole nitrogens is 1. The molecule has 2 heterocycles. The number of methoxy groups -OCH3 is 2. The second-order valence-electron chi connectivity index (χ2n) is 4.98. The van der Waals surface area contributed by atoms with E-state index in [2.05, 4.69) is 25.3 Å². The smallest absolute Gasteiger partial charge is 0.322 e. The van der Waals surface area contributed by atoms with Crippen LogP contribution in [0.1, 0.15) is 16.2 Å². The average Bonchev–Trinajstić information content (AvgIpc) is 3.09. The number of rotatable bonds is 6. The molecule has 0 radical (unpaired) electrons. The topological polar surface area (TPSA) is 119 Å². The van der Waals surface area contributed by atoms with Crippen LogP contribution in [0.25, 0.3) is 10.9 Å². The van der Waals surface area contributed by atoms with Crippen LogP contribution in [0.2, 0.25) is 0 Å². The fourth-order valence-electron chi connectivity index (χ4n) is 2.26. The highest BCUT2D eigenvalue weighted by Crippen LogP contribution is 2.18. The molecule has 9 nitrogen and oxygen atoms in total.